The Morgan fingerprint density at radius 1 is 1.06 bits per heavy atom. The maximum absolute atomic E-state index is 13.2. The number of rotatable bonds is 7. The summed E-state index contributed by atoms with van der Waals surface area (Å²) in [7, 11) is 0. The SMILES string of the molecule is CC1=C(C(=O)OCCc2ccc(Cl)cc2)C(c2cccnc2)C(C(=O)OC(C)C)=C(C)N1. The molecule has 1 unspecified atom stereocenters. The lowest BCUT2D eigenvalue weighted by Crippen LogP contribution is -2.33. The Labute approximate surface area is 193 Å². The predicted molar refractivity (Wildman–Crippen MR) is 123 cm³/mol. The third-order valence-electron chi connectivity index (χ3n) is 5.10. The summed E-state index contributed by atoms with van der Waals surface area (Å²) < 4.78 is 11.1. The minimum atomic E-state index is -0.640. The highest BCUT2D eigenvalue weighted by Gasteiger charge is 2.38. The average Bonchev–Trinajstić information content (AvgIpc) is 2.74. The van der Waals surface area contributed by atoms with Crippen molar-refractivity contribution in [2.45, 2.75) is 46.1 Å². The number of carbonyl (C=O) groups is 2. The van der Waals surface area contributed by atoms with Crippen LogP contribution in [0.2, 0.25) is 5.02 Å². The third kappa shape index (κ3) is 5.56. The first-order valence-electron chi connectivity index (χ1n) is 10.5. The van der Waals surface area contributed by atoms with Crippen molar-refractivity contribution in [2.24, 2.45) is 0 Å². The van der Waals surface area contributed by atoms with Gasteiger partial charge in [0.25, 0.3) is 0 Å². The number of pyridine rings is 1. The molecular weight excluding hydrogens is 428 g/mol. The number of benzene rings is 1. The number of ether oxygens (including phenoxy) is 2. The lowest BCUT2D eigenvalue weighted by molar-refractivity contribution is -0.143. The van der Waals surface area contributed by atoms with Gasteiger partial charge in [0.15, 0.2) is 0 Å². The van der Waals surface area contributed by atoms with Crippen LogP contribution in [0.3, 0.4) is 0 Å². The molecule has 2 aromatic rings. The fourth-order valence-electron chi connectivity index (χ4n) is 3.68. The summed E-state index contributed by atoms with van der Waals surface area (Å²) in [6.45, 7) is 7.37. The molecule has 0 aliphatic carbocycles. The van der Waals surface area contributed by atoms with E-state index < -0.39 is 17.9 Å². The van der Waals surface area contributed by atoms with Crippen LogP contribution in [0.5, 0.6) is 0 Å². The second-order valence-corrected chi connectivity index (χ2v) is 8.32. The number of nitrogens with one attached hydrogen (secondary N) is 1. The Hall–Kier alpha value is -3.12. The van der Waals surface area contributed by atoms with E-state index in [9.17, 15) is 9.59 Å². The first kappa shape index (κ1) is 23.5. The summed E-state index contributed by atoms with van der Waals surface area (Å²) in [6, 6.07) is 11.0. The van der Waals surface area contributed by atoms with E-state index in [2.05, 4.69) is 10.3 Å². The molecule has 7 heteroatoms. The van der Waals surface area contributed by atoms with E-state index in [0.717, 1.165) is 5.56 Å². The van der Waals surface area contributed by atoms with Crippen LogP contribution in [-0.4, -0.2) is 29.6 Å². The van der Waals surface area contributed by atoms with Crippen molar-refractivity contribution in [1.29, 1.82) is 0 Å². The van der Waals surface area contributed by atoms with Gasteiger partial charge in [-0.15, -0.1) is 0 Å². The van der Waals surface area contributed by atoms with Crippen molar-refractivity contribution in [2.75, 3.05) is 6.61 Å². The van der Waals surface area contributed by atoms with Gasteiger partial charge in [0.2, 0.25) is 0 Å². The molecule has 1 aromatic heterocycles. The number of allylic oxidation sites excluding steroid dienone is 2. The van der Waals surface area contributed by atoms with Gasteiger partial charge in [0.1, 0.15) is 0 Å². The highest BCUT2D eigenvalue weighted by molar-refractivity contribution is 6.30. The zero-order chi connectivity index (χ0) is 23.3. The molecule has 2 heterocycles. The summed E-state index contributed by atoms with van der Waals surface area (Å²) in [5.74, 6) is -1.60. The summed E-state index contributed by atoms with van der Waals surface area (Å²) in [6.07, 6.45) is 3.56. The molecular formula is C25H27ClN2O4. The largest absolute Gasteiger partial charge is 0.462 e. The van der Waals surface area contributed by atoms with Crippen molar-refractivity contribution in [3.63, 3.8) is 0 Å². The van der Waals surface area contributed by atoms with Gasteiger partial charge in [-0.3, -0.25) is 4.98 Å². The van der Waals surface area contributed by atoms with Gasteiger partial charge in [0.05, 0.1) is 29.8 Å². The Balaban J connectivity index is 1.87. The van der Waals surface area contributed by atoms with Crippen molar-refractivity contribution in [3.05, 3.63) is 87.5 Å². The molecule has 0 radical (unpaired) electrons. The van der Waals surface area contributed by atoms with E-state index in [-0.39, 0.29) is 12.7 Å². The zero-order valence-corrected chi connectivity index (χ0v) is 19.4. The van der Waals surface area contributed by atoms with Crippen LogP contribution >= 0.6 is 11.6 Å². The fraction of sp³-hybridized carbons (Fsp3) is 0.320. The smallest absolute Gasteiger partial charge is 0.337 e. The highest BCUT2D eigenvalue weighted by atomic mass is 35.5. The lowest BCUT2D eigenvalue weighted by Gasteiger charge is -2.30. The molecule has 1 aliphatic heterocycles. The van der Waals surface area contributed by atoms with Gasteiger partial charge in [0, 0.05) is 35.2 Å². The Bertz CT molecular complexity index is 1040. The molecule has 0 bridgehead atoms. The van der Waals surface area contributed by atoms with Gasteiger partial charge in [-0.2, -0.15) is 0 Å². The molecule has 168 valence electrons. The number of halogens is 1. The number of hydrogen-bond donors (Lipinski definition) is 1. The van der Waals surface area contributed by atoms with E-state index in [0.29, 0.717) is 39.5 Å². The minimum Gasteiger partial charge on any atom is -0.462 e. The molecule has 3 rings (SSSR count). The first-order chi connectivity index (χ1) is 15.3. The molecule has 6 nitrogen and oxygen atoms in total. The molecule has 1 aromatic carbocycles. The summed E-state index contributed by atoms with van der Waals surface area (Å²) >= 11 is 5.92. The van der Waals surface area contributed by atoms with E-state index in [1.165, 1.54) is 0 Å². The van der Waals surface area contributed by atoms with Crippen LogP contribution in [0.1, 0.15) is 44.7 Å². The van der Waals surface area contributed by atoms with Crippen LogP contribution in [0.25, 0.3) is 0 Å². The second-order valence-electron chi connectivity index (χ2n) is 7.89. The number of aromatic nitrogens is 1. The Morgan fingerprint density at radius 2 is 1.72 bits per heavy atom. The summed E-state index contributed by atoms with van der Waals surface area (Å²) in [5, 5.41) is 3.81. The molecule has 32 heavy (non-hydrogen) atoms. The number of hydrogen-bond acceptors (Lipinski definition) is 6. The van der Waals surface area contributed by atoms with Gasteiger partial charge >= 0.3 is 11.9 Å². The maximum atomic E-state index is 13.2. The van der Waals surface area contributed by atoms with Gasteiger partial charge in [-0.1, -0.05) is 29.8 Å². The van der Waals surface area contributed by atoms with Gasteiger partial charge in [-0.25, -0.2) is 9.59 Å². The van der Waals surface area contributed by atoms with Crippen LogP contribution < -0.4 is 5.32 Å². The standard InChI is InChI=1S/C25H27ClN2O4/c1-15(2)32-25(30)22-17(4)28-16(3)21(23(22)19-6-5-12-27-14-19)24(29)31-13-11-18-7-9-20(26)10-8-18/h5-10,12,14-15,23,28H,11,13H2,1-4H3. The maximum Gasteiger partial charge on any atom is 0.337 e. The Kier molecular flexibility index (Phi) is 7.70. The van der Waals surface area contributed by atoms with Crippen molar-refractivity contribution >= 4 is 23.5 Å². The monoisotopic (exact) mass is 454 g/mol. The summed E-state index contributed by atoms with van der Waals surface area (Å²) in [4.78, 5) is 30.4. The number of nitrogens with zero attached hydrogens (tertiary/aromatic N) is 1. The minimum absolute atomic E-state index is 0.200. The number of carbonyl (C=O) groups excluding carboxylic acids is 2. The quantitative estimate of drug-likeness (QED) is 0.610. The highest BCUT2D eigenvalue weighted by Crippen LogP contribution is 2.39. The molecule has 1 N–H and O–H groups in total. The van der Waals surface area contributed by atoms with E-state index in [4.69, 9.17) is 21.1 Å². The molecule has 0 saturated carbocycles. The number of esters is 2. The van der Waals surface area contributed by atoms with Crippen LogP contribution in [-0.2, 0) is 25.5 Å². The van der Waals surface area contributed by atoms with E-state index in [1.54, 1.807) is 58.3 Å². The Morgan fingerprint density at radius 3 is 2.31 bits per heavy atom. The molecule has 1 aliphatic rings. The van der Waals surface area contributed by atoms with Crippen LogP contribution in [0.4, 0.5) is 0 Å². The summed E-state index contributed by atoms with van der Waals surface area (Å²) in [5.41, 5.74) is 3.74. The van der Waals surface area contributed by atoms with Gasteiger partial charge < -0.3 is 14.8 Å². The molecule has 1 atom stereocenters. The third-order valence-corrected chi connectivity index (χ3v) is 5.35. The number of dihydropyridines is 1. The van der Waals surface area contributed by atoms with Crippen molar-refractivity contribution in [3.8, 4) is 0 Å². The molecule has 0 spiro atoms. The van der Waals surface area contributed by atoms with Crippen LogP contribution in [0.15, 0.2) is 71.3 Å². The fourth-order valence-corrected chi connectivity index (χ4v) is 3.81. The van der Waals surface area contributed by atoms with Crippen LogP contribution in [0, 0.1) is 0 Å². The van der Waals surface area contributed by atoms with Gasteiger partial charge in [-0.05, 0) is 57.0 Å². The van der Waals surface area contributed by atoms with E-state index >= 15 is 0 Å². The lowest BCUT2D eigenvalue weighted by atomic mass is 9.81. The normalized spacial score (nSPS) is 16.1. The van der Waals surface area contributed by atoms with E-state index in [1.807, 2.05) is 18.2 Å². The predicted octanol–water partition coefficient (Wildman–Crippen LogP) is 4.71. The molecule has 0 fully saturated rings. The first-order valence-corrected chi connectivity index (χ1v) is 10.9. The van der Waals surface area contributed by atoms with Crippen molar-refractivity contribution in [1.82, 2.24) is 10.3 Å². The topological polar surface area (TPSA) is 77.5 Å². The second kappa shape index (κ2) is 10.5. The molecule has 0 amide bonds. The van der Waals surface area contributed by atoms with Crippen molar-refractivity contribution < 1.29 is 19.1 Å². The molecule has 0 saturated heterocycles. The average molecular weight is 455 g/mol. The zero-order valence-electron chi connectivity index (χ0n) is 18.6.